The quantitative estimate of drug-likeness (QED) is 0.139. The van der Waals surface area contributed by atoms with Gasteiger partial charge in [0, 0.05) is 57.5 Å². The molecule has 0 amide bonds. The first-order valence-corrected chi connectivity index (χ1v) is 27.4. The van der Waals surface area contributed by atoms with Crippen LogP contribution in [0.5, 0.6) is 0 Å². The summed E-state index contributed by atoms with van der Waals surface area (Å²) in [6.45, 7) is 14.4. The van der Waals surface area contributed by atoms with E-state index in [-0.39, 0.29) is 0 Å². The zero-order chi connectivity index (χ0) is 50.4. The molecule has 0 aromatic carbocycles. The van der Waals surface area contributed by atoms with Crippen LogP contribution in [0.25, 0.3) is 79.7 Å². The van der Waals surface area contributed by atoms with E-state index in [4.69, 9.17) is 15.2 Å². The van der Waals surface area contributed by atoms with Crippen molar-refractivity contribution in [1.29, 1.82) is 0 Å². The Morgan fingerprint density at radius 1 is 0.521 bits per heavy atom. The fraction of sp³-hybridized carbons (Fsp3) is 0.224. The van der Waals surface area contributed by atoms with Crippen molar-refractivity contribution in [1.82, 2.24) is 59.2 Å². The van der Waals surface area contributed by atoms with E-state index >= 15 is 0 Å². The Morgan fingerprint density at radius 3 is 1.81 bits per heavy atom. The van der Waals surface area contributed by atoms with Gasteiger partial charge in [-0.15, -0.1) is 34.0 Å². The van der Waals surface area contributed by atoms with Crippen molar-refractivity contribution < 1.29 is 0 Å². The topological polar surface area (TPSA) is 131 Å². The number of fused-ring (bicyclic) bond motifs is 4. The number of hydrogen-bond donors (Lipinski definition) is 0. The van der Waals surface area contributed by atoms with Crippen LogP contribution in [0, 0.1) is 13.8 Å². The number of thiophene rings is 3. The van der Waals surface area contributed by atoms with E-state index in [1.54, 1.807) is 34.0 Å². The normalized spacial score (nSPS) is 11.8. The van der Waals surface area contributed by atoms with E-state index in [1.165, 1.54) is 58.2 Å². The third kappa shape index (κ3) is 10.3. The molecule has 0 fully saturated rings. The smallest absolute Gasteiger partial charge is 0.154 e. The predicted molar refractivity (Wildman–Crippen MR) is 301 cm³/mol. The van der Waals surface area contributed by atoms with Crippen molar-refractivity contribution in [3.05, 3.63) is 180 Å². The van der Waals surface area contributed by atoms with Gasteiger partial charge >= 0.3 is 0 Å². The van der Waals surface area contributed by atoms with Crippen LogP contribution in [-0.4, -0.2) is 59.2 Å². The summed E-state index contributed by atoms with van der Waals surface area (Å²) >= 11 is 5.29. The SMILES string of the molecule is CC.CCc1cc(-c2cc3ncccc3s2)n(-c2cccc(C)n2)n1.CCc1cccc(-n2ncc(CC)c2-c2cc3cnccc3s2)n1.Cc1cccc(-n2nc3c(c2-c2cc4ncccc4s2)CCC3)n1. The molecular weight excluding hydrogens is 961 g/mol. The molecule has 0 unspecified atom stereocenters. The van der Waals surface area contributed by atoms with Crippen molar-refractivity contribution in [2.24, 2.45) is 0 Å². The molecule has 366 valence electrons. The van der Waals surface area contributed by atoms with Crippen LogP contribution in [0.1, 0.15) is 80.6 Å². The monoisotopic (exact) mass is 1020 g/mol. The maximum atomic E-state index is 4.89. The minimum absolute atomic E-state index is 0.852. The molecule has 0 atom stereocenters. The van der Waals surface area contributed by atoms with Crippen LogP contribution in [0.4, 0.5) is 0 Å². The minimum Gasteiger partial charge on any atom is -0.264 e. The lowest BCUT2D eigenvalue weighted by Gasteiger charge is -2.08. The van der Waals surface area contributed by atoms with Crippen LogP contribution in [0.3, 0.4) is 0 Å². The van der Waals surface area contributed by atoms with E-state index in [0.717, 1.165) is 99.6 Å². The Hall–Kier alpha value is -7.59. The predicted octanol–water partition coefficient (Wildman–Crippen LogP) is 14.5. The third-order valence-electron chi connectivity index (χ3n) is 12.4. The molecule has 1 aliphatic rings. The Bertz CT molecular complexity index is 3730. The number of aromatic nitrogens is 12. The van der Waals surface area contributed by atoms with Crippen molar-refractivity contribution >= 4 is 64.5 Å². The summed E-state index contributed by atoms with van der Waals surface area (Å²) in [6, 6.07) is 37.1. The van der Waals surface area contributed by atoms with E-state index in [0.29, 0.717) is 0 Å². The second-order valence-electron chi connectivity index (χ2n) is 17.2. The van der Waals surface area contributed by atoms with Crippen molar-refractivity contribution in [2.75, 3.05) is 0 Å². The average molecular weight is 1020 g/mol. The minimum atomic E-state index is 0.852. The zero-order valence-electron chi connectivity index (χ0n) is 42.1. The number of nitrogens with zero attached hydrogens (tertiary/aromatic N) is 12. The van der Waals surface area contributed by atoms with Crippen molar-refractivity contribution in [3.8, 4) is 49.2 Å². The van der Waals surface area contributed by atoms with Gasteiger partial charge in [0.25, 0.3) is 0 Å². The highest BCUT2D eigenvalue weighted by atomic mass is 32.1. The maximum absolute atomic E-state index is 4.89. The van der Waals surface area contributed by atoms with E-state index in [1.807, 2.05) is 133 Å². The van der Waals surface area contributed by atoms with Gasteiger partial charge in [-0.05, 0) is 149 Å². The largest absolute Gasteiger partial charge is 0.264 e. The Labute approximate surface area is 437 Å². The van der Waals surface area contributed by atoms with Crippen LogP contribution in [-0.2, 0) is 32.1 Å². The molecular formula is C58H56N12S3. The van der Waals surface area contributed by atoms with Crippen molar-refractivity contribution in [2.45, 2.75) is 87.0 Å². The molecule has 0 spiro atoms. The molecule has 12 heterocycles. The van der Waals surface area contributed by atoms with Gasteiger partial charge in [0.1, 0.15) is 0 Å². The lowest BCUT2D eigenvalue weighted by molar-refractivity contribution is 0.788. The first-order valence-electron chi connectivity index (χ1n) is 25.0. The molecule has 0 aliphatic heterocycles. The molecule has 0 radical (unpaired) electrons. The molecule has 12 aromatic rings. The van der Waals surface area contributed by atoms with E-state index < -0.39 is 0 Å². The van der Waals surface area contributed by atoms with E-state index in [2.05, 4.69) is 99.3 Å². The van der Waals surface area contributed by atoms with Gasteiger partial charge in [-0.3, -0.25) is 15.0 Å². The van der Waals surface area contributed by atoms with Gasteiger partial charge in [0.05, 0.1) is 69.7 Å². The summed E-state index contributed by atoms with van der Waals surface area (Å²) in [5, 5.41) is 15.4. The highest BCUT2D eigenvalue weighted by molar-refractivity contribution is 7.23. The molecule has 0 saturated heterocycles. The average Bonchev–Trinajstić information content (AvgIpc) is 4.30. The van der Waals surface area contributed by atoms with Crippen LogP contribution >= 0.6 is 34.0 Å². The molecule has 15 heteroatoms. The van der Waals surface area contributed by atoms with Gasteiger partial charge in [0.2, 0.25) is 0 Å². The van der Waals surface area contributed by atoms with Crippen molar-refractivity contribution in [3.63, 3.8) is 0 Å². The summed E-state index contributed by atoms with van der Waals surface area (Å²) in [7, 11) is 0. The molecule has 0 bridgehead atoms. The summed E-state index contributed by atoms with van der Waals surface area (Å²) in [4.78, 5) is 30.8. The zero-order valence-corrected chi connectivity index (χ0v) is 44.6. The molecule has 12 nitrogen and oxygen atoms in total. The summed E-state index contributed by atoms with van der Waals surface area (Å²) in [6.07, 6.45) is 15.5. The second kappa shape index (κ2) is 22.0. The fourth-order valence-corrected chi connectivity index (χ4v) is 12.1. The molecule has 0 saturated carbocycles. The van der Waals surface area contributed by atoms with Gasteiger partial charge in [-0.1, -0.05) is 52.8 Å². The lowest BCUT2D eigenvalue weighted by atomic mass is 10.1. The fourth-order valence-electron chi connectivity index (χ4n) is 8.90. The first-order chi connectivity index (χ1) is 35.8. The van der Waals surface area contributed by atoms with Crippen LogP contribution < -0.4 is 0 Å². The first kappa shape index (κ1) is 49.0. The molecule has 13 rings (SSSR count). The maximum Gasteiger partial charge on any atom is 0.154 e. The Kier molecular flexibility index (Phi) is 14.8. The summed E-state index contributed by atoms with van der Waals surface area (Å²) < 4.78 is 9.58. The highest BCUT2D eigenvalue weighted by Gasteiger charge is 2.26. The van der Waals surface area contributed by atoms with Crippen LogP contribution in [0.2, 0.25) is 0 Å². The van der Waals surface area contributed by atoms with Gasteiger partial charge < -0.3 is 0 Å². The Morgan fingerprint density at radius 2 is 1.15 bits per heavy atom. The van der Waals surface area contributed by atoms with Gasteiger partial charge in [-0.2, -0.15) is 15.3 Å². The van der Waals surface area contributed by atoms with Gasteiger partial charge in [0.15, 0.2) is 17.5 Å². The Balaban J connectivity index is 0.000000123. The van der Waals surface area contributed by atoms with Gasteiger partial charge in [-0.25, -0.2) is 29.0 Å². The number of hydrogen-bond acceptors (Lipinski definition) is 12. The molecule has 73 heavy (non-hydrogen) atoms. The number of aryl methyl sites for hydroxylation is 6. The molecule has 12 aromatic heterocycles. The molecule has 0 N–H and O–H groups in total. The van der Waals surface area contributed by atoms with E-state index in [9.17, 15) is 0 Å². The number of pyridine rings is 6. The van der Waals surface area contributed by atoms with Crippen LogP contribution in [0.15, 0.2) is 140 Å². The lowest BCUT2D eigenvalue weighted by Crippen LogP contribution is -2.03. The number of rotatable bonds is 9. The summed E-state index contributed by atoms with van der Waals surface area (Å²) in [5.41, 5.74) is 13.4. The third-order valence-corrected chi connectivity index (χ3v) is 15.7. The summed E-state index contributed by atoms with van der Waals surface area (Å²) in [5.74, 6) is 2.62. The highest BCUT2D eigenvalue weighted by Crippen LogP contribution is 2.40. The second-order valence-corrected chi connectivity index (χ2v) is 20.5. The standard InChI is InChI=1S/C19H16N4S.C19H18N4S.C18H16N4S.C2H6/c1-12-5-2-9-18(21-12)23-19(13-6-3-7-14(13)22-23)17-11-15-16(24-17)8-4-10-20-15;1-3-13-12-21-23(18-7-5-6-15(4-2)22-18)19(13)17-10-14-11-20-9-8-16(14)24-17;1-3-13-10-15(17-11-14-16(23-17)7-5-9-19-14)22(21-13)18-8-4-6-12(2)20-18;1-2/h2,4-5,8-11H,3,6-7H2,1H3;5-12H,3-4H2,1-2H3;4-11H,3H2,1-2H3;1-2H3. The molecule has 1 aliphatic carbocycles.